The van der Waals surface area contributed by atoms with Gasteiger partial charge in [0.25, 0.3) is 5.91 Å². The number of aryl methyl sites for hydroxylation is 2. The molecule has 0 aliphatic rings. The van der Waals surface area contributed by atoms with Gasteiger partial charge in [-0.3, -0.25) is 4.79 Å². The highest BCUT2D eigenvalue weighted by atomic mass is 16.5. The van der Waals surface area contributed by atoms with Crippen molar-refractivity contribution in [3.05, 3.63) is 64.7 Å². The lowest BCUT2D eigenvalue weighted by atomic mass is 9.99. The SMILES string of the molecule is CC[C@@H](C)c1ccc(NC(=O)COC(=O)c2cc(C)cc(C)c2)cc1. The molecule has 0 saturated carbocycles. The van der Waals surface area contributed by atoms with E-state index in [0.717, 1.165) is 17.5 Å². The molecule has 4 heteroatoms. The van der Waals surface area contributed by atoms with Crippen LogP contribution in [0.2, 0.25) is 0 Å². The van der Waals surface area contributed by atoms with E-state index in [1.807, 2.05) is 44.2 Å². The fourth-order valence-electron chi connectivity index (χ4n) is 2.63. The van der Waals surface area contributed by atoms with E-state index in [4.69, 9.17) is 4.74 Å². The van der Waals surface area contributed by atoms with Gasteiger partial charge < -0.3 is 10.1 Å². The van der Waals surface area contributed by atoms with Gasteiger partial charge in [-0.25, -0.2) is 4.79 Å². The first-order valence-corrected chi connectivity index (χ1v) is 8.54. The van der Waals surface area contributed by atoms with Gasteiger partial charge in [-0.2, -0.15) is 0 Å². The maximum atomic E-state index is 12.1. The van der Waals surface area contributed by atoms with E-state index in [1.54, 1.807) is 12.1 Å². The van der Waals surface area contributed by atoms with Gasteiger partial charge in [-0.1, -0.05) is 43.2 Å². The van der Waals surface area contributed by atoms with Crippen LogP contribution in [-0.2, 0) is 9.53 Å². The van der Waals surface area contributed by atoms with Crippen LogP contribution in [-0.4, -0.2) is 18.5 Å². The molecule has 1 N–H and O–H groups in total. The number of esters is 1. The predicted molar refractivity (Wildman–Crippen MR) is 100.0 cm³/mol. The molecule has 4 nitrogen and oxygen atoms in total. The van der Waals surface area contributed by atoms with Gasteiger partial charge in [-0.15, -0.1) is 0 Å². The summed E-state index contributed by atoms with van der Waals surface area (Å²) in [6.07, 6.45) is 1.07. The number of carbonyl (C=O) groups is 2. The van der Waals surface area contributed by atoms with Crippen LogP contribution in [0.4, 0.5) is 5.69 Å². The second kappa shape index (κ2) is 8.47. The Bertz CT molecular complexity index is 730. The van der Waals surface area contributed by atoms with Crippen molar-refractivity contribution >= 4 is 17.6 Å². The van der Waals surface area contributed by atoms with Gasteiger partial charge in [0.15, 0.2) is 6.61 Å². The summed E-state index contributed by atoms with van der Waals surface area (Å²) in [4.78, 5) is 24.0. The van der Waals surface area contributed by atoms with Crippen molar-refractivity contribution < 1.29 is 14.3 Å². The van der Waals surface area contributed by atoms with E-state index < -0.39 is 5.97 Å². The summed E-state index contributed by atoms with van der Waals surface area (Å²) in [6, 6.07) is 13.2. The minimum atomic E-state index is -0.492. The third-order valence-corrected chi connectivity index (χ3v) is 4.17. The lowest BCUT2D eigenvalue weighted by Gasteiger charge is -2.11. The Hall–Kier alpha value is -2.62. The maximum absolute atomic E-state index is 12.1. The van der Waals surface area contributed by atoms with Crippen molar-refractivity contribution in [2.24, 2.45) is 0 Å². The Morgan fingerprint density at radius 3 is 2.20 bits per heavy atom. The van der Waals surface area contributed by atoms with Crippen LogP contribution >= 0.6 is 0 Å². The number of benzene rings is 2. The largest absolute Gasteiger partial charge is 0.452 e. The van der Waals surface area contributed by atoms with E-state index >= 15 is 0 Å². The molecule has 2 aromatic carbocycles. The Balaban J connectivity index is 1.89. The molecule has 2 aromatic rings. The van der Waals surface area contributed by atoms with Crippen molar-refractivity contribution in [2.45, 2.75) is 40.0 Å². The topological polar surface area (TPSA) is 55.4 Å². The Morgan fingerprint density at radius 1 is 1.04 bits per heavy atom. The molecule has 2 rings (SSSR count). The Labute approximate surface area is 149 Å². The number of anilines is 1. The van der Waals surface area contributed by atoms with Crippen LogP contribution in [0, 0.1) is 13.8 Å². The van der Waals surface area contributed by atoms with Crippen LogP contribution < -0.4 is 5.32 Å². The number of nitrogens with one attached hydrogen (secondary N) is 1. The van der Waals surface area contributed by atoms with Crippen LogP contribution in [0.25, 0.3) is 0 Å². The zero-order valence-corrected chi connectivity index (χ0v) is 15.3. The van der Waals surface area contributed by atoms with E-state index in [9.17, 15) is 9.59 Å². The highest BCUT2D eigenvalue weighted by Crippen LogP contribution is 2.20. The third kappa shape index (κ3) is 5.45. The van der Waals surface area contributed by atoms with Crippen LogP contribution in [0.3, 0.4) is 0 Å². The molecule has 0 aliphatic heterocycles. The summed E-state index contributed by atoms with van der Waals surface area (Å²) in [6.45, 7) is 7.84. The summed E-state index contributed by atoms with van der Waals surface area (Å²) < 4.78 is 5.10. The molecule has 1 atom stereocenters. The molecule has 0 fully saturated rings. The van der Waals surface area contributed by atoms with Gasteiger partial charge >= 0.3 is 5.97 Å². The minimum absolute atomic E-state index is 0.307. The van der Waals surface area contributed by atoms with E-state index in [1.165, 1.54) is 5.56 Å². The quantitative estimate of drug-likeness (QED) is 0.782. The van der Waals surface area contributed by atoms with Crippen molar-refractivity contribution in [2.75, 3.05) is 11.9 Å². The Morgan fingerprint density at radius 2 is 1.64 bits per heavy atom. The second-order valence-electron chi connectivity index (χ2n) is 6.43. The van der Waals surface area contributed by atoms with Gasteiger partial charge in [0.05, 0.1) is 5.56 Å². The molecule has 1 amide bonds. The highest BCUT2D eigenvalue weighted by molar-refractivity contribution is 5.95. The monoisotopic (exact) mass is 339 g/mol. The van der Waals surface area contributed by atoms with E-state index in [0.29, 0.717) is 17.2 Å². The number of carbonyl (C=O) groups excluding carboxylic acids is 2. The van der Waals surface area contributed by atoms with Crippen molar-refractivity contribution in [3.63, 3.8) is 0 Å². The van der Waals surface area contributed by atoms with Crippen molar-refractivity contribution in [1.29, 1.82) is 0 Å². The molecule has 0 aromatic heterocycles. The number of hydrogen-bond donors (Lipinski definition) is 1. The van der Waals surface area contributed by atoms with Gasteiger partial charge in [0, 0.05) is 5.69 Å². The molecular weight excluding hydrogens is 314 g/mol. The second-order valence-corrected chi connectivity index (χ2v) is 6.43. The Kier molecular flexibility index (Phi) is 6.34. The smallest absolute Gasteiger partial charge is 0.338 e. The number of hydrogen-bond acceptors (Lipinski definition) is 3. The summed E-state index contributed by atoms with van der Waals surface area (Å²) >= 11 is 0. The lowest BCUT2D eigenvalue weighted by Crippen LogP contribution is -2.21. The summed E-state index contributed by atoms with van der Waals surface area (Å²) in [5, 5.41) is 2.74. The van der Waals surface area contributed by atoms with E-state index in [2.05, 4.69) is 19.2 Å². The zero-order valence-electron chi connectivity index (χ0n) is 15.3. The van der Waals surface area contributed by atoms with Gasteiger partial charge in [0.1, 0.15) is 0 Å². The molecule has 0 aliphatic carbocycles. The van der Waals surface area contributed by atoms with Crippen molar-refractivity contribution in [1.82, 2.24) is 0 Å². The first-order chi connectivity index (χ1) is 11.9. The number of rotatable bonds is 6. The first-order valence-electron chi connectivity index (χ1n) is 8.54. The maximum Gasteiger partial charge on any atom is 0.338 e. The summed E-state index contributed by atoms with van der Waals surface area (Å²) in [5.41, 5.74) is 4.36. The fourth-order valence-corrected chi connectivity index (χ4v) is 2.63. The molecule has 0 bridgehead atoms. The minimum Gasteiger partial charge on any atom is -0.452 e. The van der Waals surface area contributed by atoms with E-state index in [-0.39, 0.29) is 12.5 Å². The summed E-state index contributed by atoms with van der Waals surface area (Å²) in [5.74, 6) is -0.355. The summed E-state index contributed by atoms with van der Waals surface area (Å²) in [7, 11) is 0. The molecule has 0 unspecified atom stereocenters. The zero-order chi connectivity index (χ0) is 18.4. The molecule has 0 heterocycles. The van der Waals surface area contributed by atoms with Crippen LogP contribution in [0.5, 0.6) is 0 Å². The van der Waals surface area contributed by atoms with Gasteiger partial charge in [-0.05, 0) is 56.0 Å². The molecule has 0 radical (unpaired) electrons. The predicted octanol–water partition coefficient (Wildman–Crippen LogP) is 4.61. The highest BCUT2D eigenvalue weighted by Gasteiger charge is 2.11. The standard InChI is InChI=1S/C21H25NO3/c1-5-16(4)17-6-8-19(9-7-17)22-20(23)13-25-21(24)18-11-14(2)10-15(3)12-18/h6-12,16H,5,13H2,1-4H3,(H,22,23)/t16-/m1/s1. The lowest BCUT2D eigenvalue weighted by molar-refractivity contribution is -0.119. The molecule has 0 saturated heterocycles. The average Bonchev–Trinajstić information content (AvgIpc) is 2.58. The molecule has 132 valence electrons. The third-order valence-electron chi connectivity index (χ3n) is 4.17. The first kappa shape index (κ1) is 18.7. The van der Waals surface area contributed by atoms with Crippen molar-refractivity contribution in [3.8, 4) is 0 Å². The molecule has 25 heavy (non-hydrogen) atoms. The average molecular weight is 339 g/mol. The van der Waals surface area contributed by atoms with Gasteiger partial charge in [0.2, 0.25) is 0 Å². The fraction of sp³-hybridized carbons (Fsp3) is 0.333. The van der Waals surface area contributed by atoms with Crippen LogP contribution in [0.1, 0.15) is 53.2 Å². The number of ether oxygens (including phenoxy) is 1. The molecule has 0 spiro atoms. The normalized spacial score (nSPS) is 11.7. The van der Waals surface area contributed by atoms with Crippen LogP contribution in [0.15, 0.2) is 42.5 Å². The number of amides is 1. The molecular formula is C21H25NO3.